The Morgan fingerprint density at radius 2 is 1.81 bits per heavy atom. The minimum Gasteiger partial charge on any atom is -0.406 e. The van der Waals surface area contributed by atoms with E-state index in [1.54, 1.807) is 66.4 Å². The van der Waals surface area contributed by atoms with E-state index < -0.39 is 18.2 Å². The predicted molar refractivity (Wildman–Crippen MR) is 157 cm³/mol. The SMILES string of the molecule is C/C=C\C(=C/C1=CCN(C(=O)C(c2ccc(Cl)cc2)C(CCC)c2ccc(C(=O)N/C(N)=N/N=N)cc2)C1)OC(F)(F)F. The molecular weight excluding hydrogens is 585 g/mol. The number of halogens is 4. The van der Waals surface area contributed by atoms with E-state index in [4.69, 9.17) is 22.9 Å². The van der Waals surface area contributed by atoms with Crippen LogP contribution < -0.4 is 11.1 Å². The van der Waals surface area contributed by atoms with Crippen molar-refractivity contribution in [3.63, 3.8) is 0 Å². The van der Waals surface area contributed by atoms with Crippen LogP contribution in [0.15, 0.2) is 94.5 Å². The van der Waals surface area contributed by atoms with Gasteiger partial charge in [0.1, 0.15) is 5.76 Å². The summed E-state index contributed by atoms with van der Waals surface area (Å²) in [6.07, 6.45) is 2.17. The molecule has 1 aliphatic rings. The van der Waals surface area contributed by atoms with Gasteiger partial charge in [0.05, 0.1) is 5.92 Å². The van der Waals surface area contributed by atoms with Gasteiger partial charge in [-0.25, -0.2) is 0 Å². The Hall–Kier alpha value is -4.45. The summed E-state index contributed by atoms with van der Waals surface area (Å²) in [5, 5.41) is 8.88. The number of allylic oxidation sites excluding steroid dienone is 2. The Kier molecular flexibility index (Phi) is 11.6. The Bertz CT molecular complexity index is 1420. The van der Waals surface area contributed by atoms with Gasteiger partial charge in [0.2, 0.25) is 11.9 Å². The Morgan fingerprint density at radius 1 is 1.16 bits per heavy atom. The van der Waals surface area contributed by atoms with Crippen molar-refractivity contribution in [2.45, 2.75) is 44.9 Å². The van der Waals surface area contributed by atoms with Crippen LogP contribution in [0, 0.1) is 5.53 Å². The number of carbonyl (C=O) groups is 2. The van der Waals surface area contributed by atoms with Crippen LogP contribution in [0.3, 0.4) is 0 Å². The number of nitrogens with two attached hydrogens (primary N) is 1. The summed E-state index contributed by atoms with van der Waals surface area (Å²) in [4.78, 5) is 28.3. The first-order valence-corrected chi connectivity index (χ1v) is 13.8. The molecule has 43 heavy (non-hydrogen) atoms. The average Bonchev–Trinajstić information content (AvgIpc) is 3.41. The van der Waals surface area contributed by atoms with Crippen molar-refractivity contribution in [1.29, 1.82) is 5.53 Å². The van der Waals surface area contributed by atoms with Crippen molar-refractivity contribution in [1.82, 2.24) is 10.2 Å². The van der Waals surface area contributed by atoms with Crippen molar-refractivity contribution in [2.24, 2.45) is 16.1 Å². The maximum absolute atomic E-state index is 14.2. The smallest absolute Gasteiger partial charge is 0.406 e. The van der Waals surface area contributed by atoms with Crippen molar-refractivity contribution in [3.05, 3.63) is 106 Å². The molecule has 13 heteroatoms. The van der Waals surface area contributed by atoms with Gasteiger partial charge in [-0.1, -0.05) is 66.5 Å². The van der Waals surface area contributed by atoms with E-state index >= 15 is 0 Å². The van der Waals surface area contributed by atoms with Gasteiger partial charge in [0.15, 0.2) is 0 Å². The quantitative estimate of drug-likeness (QED) is 0.0642. The number of nitrogens with zero attached hydrogens (tertiary/aromatic N) is 3. The van der Waals surface area contributed by atoms with Gasteiger partial charge in [0.25, 0.3) is 5.91 Å². The number of benzene rings is 2. The van der Waals surface area contributed by atoms with E-state index in [-0.39, 0.29) is 42.2 Å². The maximum atomic E-state index is 14.2. The zero-order chi connectivity index (χ0) is 31.6. The van der Waals surface area contributed by atoms with Gasteiger partial charge in [-0.3, -0.25) is 14.9 Å². The second-order valence-corrected chi connectivity index (χ2v) is 10.1. The summed E-state index contributed by atoms with van der Waals surface area (Å²) < 4.78 is 42.7. The van der Waals surface area contributed by atoms with E-state index in [9.17, 15) is 22.8 Å². The van der Waals surface area contributed by atoms with Crippen LogP contribution in [0.25, 0.3) is 0 Å². The van der Waals surface area contributed by atoms with Gasteiger partial charge < -0.3 is 15.4 Å². The van der Waals surface area contributed by atoms with Gasteiger partial charge in [-0.2, -0.15) is 5.53 Å². The molecule has 228 valence electrons. The van der Waals surface area contributed by atoms with E-state index in [0.717, 1.165) is 17.5 Å². The Labute approximate surface area is 252 Å². The summed E-state index contributed by atoms with van der Waals surface area (Å²) in [5.74, 6) is -2.37. The summed E-state index contributed by atoms with van der Waals surface area (Å²) in [6, 6.07) is 13.7. The van der Waals surface area contributed by atoms with Crippen molar-refractivity contribution < 1.29 is 27.5 Å². The van der Waals surface area contributed by atoms with Gasteiger partial charge in [0, 0.05) is 23.7 Å². The second-order valence-electron chi connectivity index (χ2n) is 9.68. The highest BCUT2D eigenvalue weighted by Crippen LogP contribution is 2.39. The molecule has 3 rings (SSSR count). The minimum atomic E-state index is -4.85. The first-order chi connectivity index (χ1) is 20.4. The molecule has 2 aromatic carbocycles. The number of carbonyl (C=O) groups excluding carboxylic acids is 2. The number of alkyl halides is 3. The zero-order valence-corrected chi connectivity index (χ0v) is 24.3. The standard InChI is InChI=1S/C30H32ClF3N6O3/c1-3-5-24(43-30(32,33)34)17-19-15-16-40(18-19)28(42)26(21-11-13-23(31)14-12-21)25(6-4-2)20-7-9-22(10-8-20)27(41)37-29(35)38-39-36/h3,5,7-15,17,25-26H,4,6,16,18H2,1-2H3,(H4,35,36,37,38,41)/b5-3-,24-17+. The molecule has 1 aliphatic heterocycles. The molecule has 2 amide bonds. The molecule has 0 aliphatic carbocycles. The minimum absolute atomic E-state index is 0.108. The van der Waals surface area contributed by atoms with Crippen LogP contribution in [-0.4, -0.2) is 42.1 Å². The molecular formula is C30H32ClF3N6O3. The van der Waals surface area contributed by atoms with E-state index in [0.29, 0.717) is 17.0 Å². The number of amides is 2. The molecule has 0 saturated heterocycles. The molecule has 0 saturated carbocycles. The third-order valence-corrected chi connectivity index (χ3v) is 6.90. The average molecular weight is 617 g/mol. The lowest BCUT2D eigenvalue weighted by Crippen LogP contribution is -2.36. The largest absolute Gasteiger partial charge is 0.573 e. The van der Waals surface area contributed by atoms with Gasteiger partial charge in [-0.05, 0) is 77.6 Å². The fourth-order valence-corrected chi connectivity index (χ4v) is 4.97. The molecule has 0 bridgehead atoms. The van der Waals surface area contributed by atoms with Crippen LogP contribution in [0.5, 0.6) is 0 Å². The number of rotatable bonds is 11. The first kappa shape index (κ1) is 33.1. The predicted octanol–water partition coefficient (Wildman–Crippen LogP) is 6.76. The summed E-state index contributed by atoms with van der Waals surface area (Å²) in [7, 11) is 0. The summed E-state index contributed by atoms with van der Waals surface area (Å²) in [5.41, 5.74) is 14.6. The molecule has 0 spiro atoms. The highest BCUT2D eigenvalue weighted by molar-refractivity contribution is 6.30. The third kappa shape index (κ3) is 9.53. The molecule has 2 aromatic rings. The van der Waals surface area contributed by atoms with Crippen LogP contribution in [-0.2, 0) is 9.53 Å². The van der Waals surface area contributed by atoms with Crippen molar-refractivity contribution in [3.8, 4) is 0 Å². The molecule has 2 unspecified atom stereocenters. The highest BCUT2D eigenvalue weighted by Gasteiger charge is 2.35. The maximum Gasteiger partial charge on any atom is 0.573 e. The van der Waals surface area contributed by atoms with E-state index in [2.05, 4.69) is 20.4 Å². The molecule has 9 nitrogen and oxygen atoms in total. The number of hydrogen-bond acceptors (Lipinski definition) is 5. The van der Waals surface area contributed by atoms with Crippen LogP contribution in [0.1, 0.15) is 60.0 Å². The third-order valence-electron chi connectivity index (χ3n) is 6.65. The zero-order valence-electron chi connectivity index (χ0n) is 23.6. The van der Waals surface area contributed by atoms with Crippen molar-refractivity contribution in [2.75, 3.05) is 13.1 Å². The number of nitrogens with one attached hydrogen (secondary N) is 2. The lowest BCUT2D eigenvalue weighted by atomic mass is 9.77. The molecule has 2 atom stereocenters. The molecule has 0 fully saturated rings. The van der Waals surface area contributed by atoms with Gasteiger partial charge >= 0.3 is 6.36 Å². The molecule has 4 N–H and O–H groups in total. The number of hydrogen-bond donors (Lipinski definition) is 3. The van der Waals surface area contributed by atoms with Crippen LogP contribution >= 0.6 is 11.6 Å². The number of guanidine groups is 1. The number of ether oxygens (including phenoxy) is 1. The highest BCUT2D eigenvalue weighted by atomic mass is 35.5. The normalized spacial score (nSPS) is 15.7. The Morgan fingerprint density at radius 3 is 2.40 bits per heavy atom. The van der Waals surface area contributed by atoms with Crippen LogP contribution in [0.4, 0.5) is 13.2 Å². The second kappa shape index (κ2) is 15.1. The molecule has 1 heterocycles. The lowest BCUT2D eigenvalue weighted by molar-refractivity contribution is -0.303. The van der Waals surface area contributed by atoms with E-state index in [1.165, 1.54) is 18.2 Å². The summed E-state index contributed by atoms with van der Waals surface area (Å²) in [6.45, 7) is 3.91. The molecule has 0 aromatic heterocycles. The van der Waals surface area contributed by atoms with Crippen LogP contribution in [0.2, 0.25) is 5.02 Å². The van der Waals surface area contributed by atoms with Crippen molar-refractivity contribution >= 4 is 29.4 Å². The summed E-state index contributed by atoms with van der Waals surface area (Å²) >= 11 is 6.14. The fraction of sp³-hybridized carbons (Fsp3) is 0.300. The van der Waals surface area contributed by atoms with E-state index in [1.807, 2.05) is 6.92 Å². The fourth-order valence-electron chi connectivity index (χ4n) is 4.84. The molecule has 0 radical (unpaired) electrons. The lowest BCUT2D eigenvalue weighted by Gasteiger charge is -2.31. The first-order valence-electron chi connectivity index (χ1n) is 13.4. The van der Waals surface area contributed by atoms with Gasteiger partial charge in [-0.15, -0.1) is 13.2 Å². The monoisotopic (exact) mass is 616 g/mol. The Balaban J connectivity index is 1.92. The topological polar surface area (TPSA) is 133 Å².